The van der Waals surface area contributed by atoms with Crippen molar-refractivity contribution in [2.45, 2.75) is 13.1 Å². The van der Waals surface area contributed by atoms with Gasteiger partial charge in [0, 0.05) is 19.2 Å². The summed E-state index contributed by atoms with van der Waals surface area (Å²) in [6.45, 7) is 1.35. The lowest BCUT2D eigenvalue weighted by Gasteiger charge is -2.02. The largest absolute Gasteiger partial charge is 0.508 e. The second-order valence-corrected chi connectivity index (χ2v) is 3.26. The van der Waals surface area contributed by atoms with E-state index in [4.69, 9.17) is 4.52 Å². The predicted octanol–water partition coefficient (Wildman–Crippen LogP) is 1.67. The number of aromatic hydroxyl groups is 1. The van der Waals surface area contributed by atoms with Crippen LogP contribution in [0.15, 0.2) is 41.1 Å². The Morgan fingerprint density at radius 3 is 2.93 bits per heavy atom. The Hall–Kier alpha value is -1.81. The summed E-state index contributed by atoms with van der Waals surface area (Å²) in [5.74, 6) is 0.288. The number of benzene rings is 1. The molecule has 0 radical (unpaired) electrons. The molecule has 0 saturated carbocycles. The zero-order valence-corrected chi connectivity index (χ0v) is 8.18. The number of nitrogens with zero attached hydrogens (tertiary/aromatic N) is 1. The molecule has 4 heteroatoms. The highest BCUT2D eigenvalue weighted by Crippen LogP contribution is 2.10. The molecule has 0 atom stereocenters. The van der Waals surface area contributed by atoms with Crippen molar-refractivity contribution >= 4 is 0 Å². The van der Waals surface area contributed by atoms with Crippen LogP contribution in [0.25, 0.3) is 0 Å². The number of nitrogens with one attached hydrogen (secondary N) is 1. The highest BCUT2D eigenvalue weighted by molar-refractivity contribution is 5.26. The van der Waals surface area contributed by atoms with Crippen molar-refractivity contribution in [3.05, 3.63) is 47.9 Å². The molecule has 0 bridgehead atoms. The standard InChI is InChI=1S/C11H12N2O2/c14-11-3-1-2-9(6-11)7-12-8-10-4-5-15-13-10/h1-6,12,14H,7-8H2. The number of rotatable bonds is 4. The summed E-state index contributed by atoms with van der Waals surface area (Å²) in [6, 6.07) is 8.98. The first-order valence-corrected chi connectivity index (χ1v) is 4.72. The number of phenolic OH excluding ortho intramolecular Hbond substituents is 1. The molecule has 15 heavy (non-hydrogen) atoms. The van der Waals surface area contributed by atoms with Crippen molar-refractivity contribution in [2.24, 2.45) is 0 Å². The summed E-state index contributed by atoms with van der Waals surface area (Å²) in [5.41, 5.74) is 1.91. The highest BCUT2D eigenvalue weighted by Gasteiger charge is 1.97. The minimum Gasteiger partial charge on any atom is -0.508 e. The van der Waals surface area contributed by atoms with E-state index in [2.05, 4.69) is 10.5 Å². The van der Waals surface area contributed by atoms with Gasteiger partial charge in [-0.2, -0.15) is 0 Å². The van der Waals surface area contributed by atoms with Gasteiger partial charge in [-0.1, -0.05) is 17.3 Å². The van der Waals surface area contributed by atoms with E-state index in [0.29, 0.717) is 13.1 Å². The first-order chi connectivity index (χ1) is 7.34. The molecule has 0 amide bonds. The van der Waals surface area contributed by atoms with Gasteiger partial charge in [0.15, 0.2) is 0 Å². The van der Waals surface area contributed by atoms with Gasteiger partial charge in [-0.15, -0.1) is 0 Å². The van der Waals surface area contributed by atoms with E-state index in [1.807, 2.05) is 18.2 Å². The third-order valence-corrected chi connectivity index (χ3v) is 2.04. The van der Waals surface area contributed by atoms with Crippen LogP contribution in [0.3, 0.4) is 0 Å². The van der Waals surface area contributed by atoms with Gasteiger partial charge < -0.3 is 14.9 Å². The summed E-state index contributed by atoms with van der Waals surface area (Å²) in [6.07, 6.45) is 1.55. The molecule has 1 aromatic carbocycles. The summed E-state index contributed by atoms with van der Waals surface area (Å²) in [7, 11) is 0. The molecule has 0 aliphatic carbocycles. The molecule has 0 unspecified atom stereocenters. The van der Waals surface area contributed by atoms with Crippen molar-refractivity contribution in [3.8, 4) is 5.75 Å². The van der Waals surface area contributed by atoms with Crippen molar-refractivity contribution in [1.29, 1.82) is 0 Å². The van der Waals surface area contributed by atoms with Crippen LogP contribution in [-0.4, -0.2) is 10.3 Å². The maximum absolute atomic E-state index is 9.24. The lowest BCUT2D eigenvalue weighted by Crippen LogP contribution is -2.12. The molecular formula is C11H12N2O2. The summed E-state index contributed by atoms with van der Waals surface area (Å²) in [5, 5.41) is 16.2. The van der Waals surface area contributed by atoms with Gasteiger partial charge in [-0.3, -0.25) is 0 Å². The minimum absolute atomic E-state index is 0.288. The smallest absolute Gasteiger partial charge is 0.124 e. The van der Waals surface area contributed by atoms with Crippen LogP contribution in [0, 0.1) is 0 Å². The number of hydrogen-bond acceptors (Lipinski definition) is 4. The molecule has 0 aliphatic heterocycles. The predicted molar refractivity (Wildman–Crippen MR) is 55.2 cm³/mol. The summed E-state index contributed by atoms with van der Waals surface area (Å²) in [4.78, 5) is 0. The van der Waals surface area contributed by atoms with Gasteiger partial charge >= 0.3 is 0 Å². The van der Waals surface area contributed by atoms with Crippen molar-refractivity contribution in [3.63, 3.8) is 0 Å². The Morgan fingerprint density at radius 1 is 1.27 bits per heavy atom. The highest BCUT2D eigenvalue weighted by atomic mass is 16.5. The second-order valence-electron chi connectivity index (χ2n) is 3.26. The Kier molecular flexibility index (Phi) is 2.99. The van der Waals surface area contributed by atoms with Crippen molar-refractivity contribution in [1.82, 2.24) is 10.5 Å². The zero-order valence-electron chi connectivity index (χ0n) is 8.18. The van der Waals surface area contributed by atoms with E-state index in [-0.39, 0.29) is 5.75 Å². The quantitative estimate of drug-likeness (QED) is 0.795. The first kappa shape index (κ1) is 9.73. The van der Waals surface area contributed by atoms with Gasteiger partial charge in [0.1, 0.15) is 12.0 Å². The monoisotopic (exact) mass is 204 g/mol. The lowest BCUT2D eigenvalue weighted by molar-refractivity contribution is 0.408. The molecule has 4 nitrogen and oxygen atoms in total. The Labute approximate surface area is 87.5 Å². The van der Waals surface area contributed by atoms with E-state index >= 15 is 0 Å². The van der Waals surface area contributed by atoms with Crippen LogP contribution >= 0.6 is 0 Å². The van der Waals surface area contributed by atoms with Gasteiger partial charge in [0.2, 0.25) is 0 Å². The maximum atomic E-state index is 9.24. The molecule has 1 aromatic heterocycles. The summed E-state index contributed by atoms with van der Waals surface area (Å²) < 4.78 is 4.71. The Bertz CT molecular complexity index is 412. The van der Waals surface area contributed by atoms with E-state index in [1.165, 1.54) is 0 Å². The third kappa shape index (κ3) is 2.82. The van der Waals surface area contributed by atoms with Crippen molar-refractivity contribution in [2.75, 3.05) is 0 Å². The fraction of sp³-hybridized carbons (Fsp3) is 0.182. The van der Waals surface area contributed by atoms with E-state index in [0.717, 1.165) is 11.3 Å². The topological polar surface area (TPSA) is 58.3 Å². The second kappa shape index (κ2) is 4.61. The van der Waals surface area contributed by atoms with Crippen LogP contribution in [0.5, 0.6) is 5.75 Å². The molecule has 2 rings (SSSR count). The molecule has 0 saturated heterocycles. The van der Waals surface area contributed by atoms with Gasteiger partial charge in [0.05, 0.1) is 5.69 Å². The van der Waals surface area contributed by atoms with Crippen LogP contribution in [0.2, 0.25) is 0 Å². The molecule has 2 N–H and O–H groups in total. The fourth-order valence-corrected chi connectivity index (χ4v) is 1.33. The third-order valence-electron chi connectivity index (χ3n) is 2.04. The number of aromatic nitrogens is 1. The molecule has 0 fully saturated rings. The average Bonchev–Trinajstić information content (AvgIpc) is 2.71. The fourth-order valence-electron chi connectivity index (χ4n) is 1.33. The Balaban J connectivity index is 1.83. The van der Waals surface area contributed by atoms with Crippen molar-refractivity contribution < 1.29 is 9.63 Å². The van der Waals surface area contributed by atoms with Crippen LogP contribution in [0.4, 0.5) is 0 Å². The van der Waals surface area contributed by atoms with E-state index < -0.39 is 0 Å². The zero-order chi connectivity index (χ0) is 10.5. The van der Waals surface area contributed by atoms with Crippen LogP contribution in [-0.2, 0) is 13.1 Å². The van der Waals surface area contributed by atoms with E-state index in [1.54, 1.807) is 18.4 Å². The molecular weight excluding hydrogens is 192 g/mol. The van der Waals surface area contributed by atoms with E-state index in [9.17, 15) is 5.11 Å². The molecule has 0 spiro atoms. The van der Waals surface area contributed by atoms with Gasteiger partial charge in [-0.25, -0.2) is 0 Å². The maximum Gasteiger partial charge on any atom is 0.124 e. The van der Waals surface area contributed by atoms with Crippen LogP contribution in [0.1, 0.15) is 11.3 Å². The first-order valence-electron chi connectivity index (χ1n) is 4.72. The number of hydrogen-bond donors (Lipinski definition) is 2. The molecule has 2 aromatic rings. The summed E-state index contributed by atoms with van der Waals surface area (Å²) >= 11 is 0. The molecule has 78 valence electrons. The lowest BCUT2D eigenvalue weighted by atomic mass is 10.2. The molecule has 0 aliphatic rings. The van der Waals surface area contributed by atoms with Crippen LogP contribution < -0.4 is 5.32 Å². The normalized spacial score (nSPS) is 10.4. The number of phenols is 1. The minimum atomic E-state index is 0.288. The van der Waals surface area contributed by atoms with Gasteiger partial charge in [-0.05, 0) is 17.7 Å². The molecule has 1 heterocycles. The Morgan fingerprint density at radius 2 is 2.20 bits per heavy atom. The average molecular weight is 204 g/mol. The van der Waals surface area contributed by atoms with Gasteiger partial charge in [0.25, 0.3) is 0 Å². The SMILES string of the molecule is Oc1cccc(CNCc2ccon2)c1.